The Labute approximate surface area is 96.2 Å². The van der Waals surface area contributed by atoms with Crippen LogP contribution >= 0.6 is 0 Å². The van der Waals surface area contributed by atoms with Gasteiger partial charge in [-0.15, -0.1) is 0 Å². The molecule has 0 aliphatic heterocycles. The van der Waals surface area contributed by atoms with Crippen LogP contribution in [0.2, 0.25) is 0 Å². The zero-order valence-corrected chi connectivity index (χ0v) is 9.60. The van der Waals surface area contributed by atoms with Gasteiger partial charge in [0.05, 0.1) is 0 Å². The lowest BCUT2D eigenvalue weighted by atomic mass is 9.80. The highest BCUT2D eigenvalue weighted by Crippen LogP contribution is 2.26. The van der Waals surface area contributed by atoms with Gasteiger partial charge in [0, 0.05) is 25.2 Å². The normalized spacial score (nSPS) is 23.6. The zero-order chi connectivity index (χ0) is 11.5. The average molecular weight is 218 g/mol. The fourth-order valence-electron chi connectivity index (χ4n) is 2.21. The molecule has 0 spiro atoms. The molecule has 1 aromatic carbocycles. The second kappa shape index (κ2) is 4.66. The van der Waals surface area contributed by atoms with E-state index in [-0.39, 0.29) is 5.91 Å². The molecule has 2 rings (SSSR count). The molecule has 86 valence electrons. The third-order valence-corrected chi connectivity index (χ3v) is 3.17. The molecule has 3 heteroatoms. The van der Waals surface area contributed by atoms with Crippen molar-refractivity contribution in [3.63, 3.8) is 0 Å². The molecule has 0 bridgehead atoms. The summed E-state index contributed by atoms with van der Waals surface area (Å²) in [5.74, 6) is 0.689. The molecule has 1 aliphatic carbocycles. The van der Waals surface area contributed by atoms with Crippen molar-refractivity contribution in [1.29, 1.82) is 0 Å². The highest BCUT2D eigenvalue weighted by atomic mass is 16.2. The molecular formula is C13H18N2O. The van der Waals surface area contributed by atoms with E-state index in [1.807, 2.05) is 37.4 Å². The van der Waals surface area contributed by atoms with Crippen LogP contribution in [-0.4, -0.2) is 30.4 Å². The first-order valence-corrected chi connectivity index (χ1v) is 5.73. The summed E-state index contributed by atoms with van der Waals surface area (Å²) < 4.78 is 0. The van der Waals surface area contributed by atoms with Gasteiger partial charge in [0.2, 0.25) is 0 Å². The van der Waals surface area contributed by atoms with Gasteiger partial charge in [-0.2, -0.15) is 0 Å². The van der Waals surface area contributed by atoms with Gasteiger partial charge in [0.25, 0.3) is 5.91 Å². The Balaban J connectivity index is 1.90. The first kappa shape index (κ1) is 11.1. The third kappa shape index (κ3) is 2.42. The molecule has 16 heavy (non-hydrogen) atoms. The number of carbonyl (C=O) groups excluding carboxylic acids is 1. The van der Waals surface area contributed by atoms with Crippen LogP contribution in [0.1, 0.15) is 23.2 Å². The van der Waals surface area contributed by atoms with E-state index in [4.69, 9.17) is 5.73 Å². The van der Waals surface area contributed by atoms with Crippen molar-refractivity contribution in [2.45, 2.75) is 18.9 Å². The first-order valence-electron chi connectivity index (χ1n) is 5.73. The highest BCUT2D eigenvalue weighted by molar-refractivity contribution is 5.93. The second-order valence-electron chi connectivity index (χ2n) is 4.65. The number of hydrogen-bond donors (Lipinski definition) is 1. The molecule has 3 nitrogen and oxygen atoms in total. The van der Waals surface area contributed by atoms with Gasteiger partial charge in [0.1, 0.15) is 0 Å². The smallest absolute Gasteiger partial charge is 0.253 e. The monoisotopic (exact) mass is 218 g/mol. The zero-order valence-electron chi connectivity index (χ0n) is 9.60. The standard InChI is InChI=1S/C13H18N2O/c1-15(9-10-7-12(14)8-10)13(16)11-5-3-2-4-6-11/h2-6,10,12H,7-9,14H2,1H3. The van der Waals surface area contributed by atoms with Crippen LogP contribution in [0.4, 0.5) is 0 Å². The lowest BCUT2D eigenvalue weighted by Crippen LogP contribution is -2.43. The van der Waals surface area contributed by atoms with Gasteiger partial charge < -0.3 is 10.6 Å². The van der Waals surface area contributed by atoms with Crippen LogP contribution in [0, 0.1) is 5.92 Å². The van der Waals surface area contributed by atoms with Crippen molar-refractivity contribution >= 4 is 5.91 Å². The molecule has 1 fully saturated rings. The molecule has 1 amide bonds. The van der Waals surface area contributed by atoms with Crippen LogP contribution in [0.5, 0.6) is 0 Å². The highest BCUT2D eigenvalue weighted by Gasteiger charge is 2.28. The third-order valence-electron chi connectivity index (χ3n) is 3.17. The average Bonchev–Trinajstić information content (AvgIpc) is 2.27. The van der Waals surface area contributed by atoms with Crippen LogP contribution in [-0.2, 0) is 0 Å². The van der Waals surface area contributed by atoms with Crippen molar-refractivity contribution in [2.75, 3.05) is 13.6 Å². The molecule has 0 heterocycles. The Morgan fingerprint density at radius 3 is 2.56 bits per heavy atom. The first-order chi connectivity index (χ1) is 7.66. The van der Waals surface area contributed by atoms with Crippen molar-refractivity contribution in [2.24, 2.45) is 11.7 Å². The van der Waals surface area contributed by atoms with Crippen LogP contribution in [0.15, 0.2) is 30.3 Å². The Morgan fingerprint density at radius 2 is 2.00 bits per heavy atom. The fourth-order valence-corrected chi connectivity index (χ4v) is 2.21. The van der Waals surface area contributed by atoms with Crippen LogP contribution < -0.4 is 5.73 Å². The van der Waals surface area contributed by atoms with Crippen LogP contribution in [0.3, 0.4) is 0 Å². The maximum Gasteiger partial charge on any atom is 0.253 e. The summed E-state index contributed by atoms with van der Waals surface area (Å²) in [6.07, 6.45) is 2.10. The second-order valence-corrected chi connectivity index (χ2v) is 4.65. The number of nitrogens with zero attached hydrogens (tertiary/aromatic N) is 1. The summed E-state index contributed by atoms with van der Waals surface area (Å²) in [6.45, 7) is 0.821. The Morgan fingerprint density at radius 1 is 1.38 bits per heavy atom. The van der Waals surface area contributed by atoms with Crippen molar-refractivity contribution < 1.29 is 4.79 Å². The largest absolute Gasteiger partial charge is 0.341 e. The van der Waals surface area contributed by atoms with Crippen molar-refractivity contribution in [3.8, 4) is 0 Å². The van der Waals surface area contributed by atoms with E-state index in [0.29, 0.717) is 12.0 Å². The predicted molar refractivity (Wildman–Crippen MR) is 64.1 cm³/mol. The topological polar surface area (TPSA) is 46.3 Å². The number of nitrogens with two attached hydrogens (primary N) is 1. The molecule has 0 saturated heterocycles. The lowest BCUT2D eigenvalue weighted by Gasteiger charge is -2.35. The molecule has 1 aromatic rings. The quantitative estimate of drug-likeness (QED) is 0.835. The number of carbonyl (C=O) groups is 1. The maximum atomic E-state index is 12.0. The minimum Gasteiger partial charge on any atom is -0.341 e. The molecule has 1 aliphatic rings. The van der Waals surface area contributed by atoms with E-state index in [1.165, 1.54) is 0 Å². The number of hydrogen-bond acceptors (Lipinski definition) is 2. The summed E-state index contributed by atoms with van der Waals surface area (Å²) in [6, 6.07) is 9.75. The van der Waals surface area contributed by atoms with E-state index in [0.717, 1.165) is 24.9 Å². The van der Waals surface area contributed by atoms with E-state index < -0.39 is 0 Å². The molecule has 0 unspecified atom stereocenters. The lowest BCUT2D eigenvalue weighted by molar-refractivity contribution is 0.0734. The van der Waals surface area contributed by atoms with E-state index >= 15 is 0 Å². The van der Waals surface area contributed by atoms with Gasteiger partial charge in [-0.05, 0) is 30.9 Å². The minimum atomic E-state index is 0.0982. The predicted octanol–water partition coefficient (Wildman–Crippen LogP) is 1.50. The summed E-state index contributed by atoms with van der Waals surface area (Å²) in [5, 5.41) is 0. The van der Waals surface area contributed by atoms with Gasteiger partial charge in [-0.3, -0.25) is 4.79 Å². The van der Waals surface area contributed by atoms with E-state index in [2.05, 4.69) is 0 Å². The molecule has 0 radical (unpaired) electrons. The van der Waals surface area contributed by atoms with E-state index in [1.54, 1.807) is 4.90 Å². The Hall–Kier alpha value is -1.35. The molecule has 1 saturated carbocycles. The minimum absolute atomic E-state index is 0.0982. The number of benzene rings is 1. The molecule has 2 N–H and O–H groups in total. The summed E-state index contributed by atoms with van der Waals surface area (Å²) in [5.41, 5.74) is 6.49. The van der Waals surface area contributed by atoms with Crippen molar-refractivity contribution in [3.05, 3.63) is 35.9 Å². The summed E-state index contributed by atoms with van der Waals surface area (Å²) in [4.78, 5) is 13.8. The van der Waals surface area contributed by atoms with Crippen LogP contribution in [0.25, 0.3) is 0 Å². The van der Waals surface area contributed by atoms with E-state index in [9.17, 15) is 4.79 Å². The molecular weight excluding hydrogens is 200 g/mol. The van der Waals surface area contributed by atoms with Gasteiger partial charge in [-0.1, -0.05) is 18.2 Å². The Kier molecular flexibility index (Phi) is 3.25. The number of amides is 1. The summed E-state index contributed by atoms with van der Waals surface area (Å²) >= 11 is 0. The number of rotatable bonds is 3. The Bertz CT molecular complexity index is 357. The maximum absolute atomic E-state index is 12.0. The van der Waals surface area contributed by atoms with Gasteiger partial charge in [0.15, 0.2) is 0 Å². The van der Waals surface area contributed by atoms with Crippen molar-refractivity contribution in [1.82, 2.24) is 4.90 Å². The summed E-state index contributed by atoms with van der Waals surface area (Å²) in [7, 11) is 1.86. The van der Waals surface area contributed by atoms with Gasteiger partial charge in [-0.25, -0.2) is 0 Å². The fraction of sp³-hybridized carbons (Fsp3) is 0.462. The molecule has 0 atom stereocenters. The van der Waals surface area contributed by atoms with Gasteiger partial charge >= 0.3 is 0 Å². The SMILES string of the molecule is CN(CC1CC(N)C1)C(=O)c1ccccc1. The molecule has 0 aromatic heterocycles.